The summed E-state index contributed by atoms with van der Waals surface area (Å²) in [5.74, 6) is 0. The summed E-state index contributed by atoms with van der Waals surface area (Å²) in [4.78, 5) is 13.9. The van der Waals surface area contributed by atoms with Crippen LogP contribution in [0.2, 0.25) is 0 Å². The highest BCUT2D eigenvalue weighted by Crippen LogP contribution is 2.15. The maximum Gasteiger partial charge on any atom is 0.269 e. The van der Waals surface area contributed by atoms with Crippen LogP contribution in [-0.2, 0) is 0 Å². The molecule has 0 radical (unpaired) electrons. The molecule has 1 fully saturated rings. The predicted octanol–water partition coefficient (Wildman–Crippen LogP) is 0.512. The minimum Gasteiger partial charge on any atom is -0.343 e. The Morgan fingerprint density at radius 1 is 1.35 bits per heavy atom. The maximum absolute atomic E-state index is 10.6. The Bertz CT molecular complexity index is 492. The molecule has 108 valence electrons. The van der Waals surface area contributed by atoms with Gasteiger partial charge in [-0.25, -0.2) is 0 Å². The van der Waals surface area contributed by atoms with Crippen molar-refractivity contribution in [3.05, 3.63) is 34.4 Å². The Balaban J connectivity index is 1.95. The van der Waals surface area contributed by atoms with E-state index in [9.17, 15) is 10.1 Å². The third kappa shape index (κ3) is 3.88. The van der Waals surface area contributed by atoms with Gasteiger partial charge in [-0.1, -0.05) is 0 Å². The van der Waals surface area contributed by atoms with Crippen molar-refractivity contribution in [1.82, 2.24) is 4.90 Å². The third-order valence-corrected chi connectivity index (χ3v) is 3.82. The van der Waals surface area contributed by atoms with Crippen molar-refractivity contribution in [2.45, 2.75) is 6.42 Å². The molecule has 1 saturated heterocycles. The number of non-ortho nitro benzene ring substituents is 1. The van der Waals surface area contributed by atoms with Gasteiger partial charge in [0.25, 0.3) is 5.69 Å². The van der Waals surface area contributed by atoms with E-state index in [2.05, 4.69) is 17.3 Å². The fourth-order valence-corrected chi connectivity index (χ4v) is 2.51. The summed E-state index contributed by atoms with van der Waals surface area (Å²) < 4.78 is 0. The maximum atomic E-state index is 10.6. The van der Waals surface area contributed by atoms with Gasteiger partial charge in [-0.3, -0.25) is 10.1 Å². The number of nitrogens with one attached hydrogen (secondary N) is 2. The van der Waals surface area contributed by atoms with Gasteiger partial charge in [-0.15, -0.1) is 0 Å². The number of anilines is 1. The first-order chi connectivity index (χ1) is 9.56. The zero-order chi connectivity index (χ0) is 14.5. The van der Waals surface area contributed by atoms with E-state index in [1.54, 1.807) is 12.1 Å². The average molecular weight is 295 g/mol. The number of rotatable bonds is 2. The molecule has 0 spiro atoms. The van der Waals surface area contributed by atoms with E-state index in [0.717, 1.165) is 38.3 Å². The molecule has 0 bridgehead atoms. The minimum absolute atomic E-state index is 0.0847. The fraction of sp³-hybridized carbons (Fsp3) is 0.462. The van der Waals surface area contributed by atoms with E-state index in [1.807, 2.05) is 0 Å². The summed E-state index contributed by atoms with van der Waals surface area (Å²) >= 11 is 5.41. The summed E-state index contributed by atoms with van der Waals surface area (Å²) in [6.07, 6.45) is 1.12. The number of nitro groups is 1. The average Bonchev–Trinajstić information content (AvgIpc) is 2.64. The molecule has 20 heavy (non-hydrogen) atoms. The van der Waals surface area contributed by atoms with Crippen molar-refractivity contribution < 1.29 is 9.82 Å². The molecule has 1 heterocycles. The summed E-state index contributed by atoms with van der Waals surface area (Å²) in [7, 11) is 2.19. The number of thiocarbonyl (C=S) groups is 1. The molecule has 2 rings (SSSR count). The molecule has 6 nitrogen and oxygen atoms in total. The van der Waals surface area contributed by atoms with Crippen molar-refractivity contribution in [3.8, 4) is 0 Å². The first-order valence-corrected chi connectivity index (χ1v) is 7.09. The van der Waals surface area contributed by atoms with Crippen molar-refractivity contribution in [1.29, 1.82) is 0 Å². The molecule has 0 aromatic heterocycles. The van der Waals surface area contributed by atoms with Gasteiger partial charge < -0.3 is 15.1 Å². The Hall–Kier alpha value is -1.73. The number of nitrogens with zero attached hydrogens (tertiary/aromatic N) is 2. The first-order valence-electron chi connectivity index (χ1n) is 6.68. The van der Waals surface area contributed by atoms with Crippen LogP contribution in [-0.4, -0.2) is 48.2 Å². The normalized spacial score (nSPS) is 19.2. The van der Waals surface area contributed by atoms with Crippen LogP contribution >= 0.6 is 12.2 Å². The van der Waals surface area contributed by atoms with Gasteiger partial charge in [0.05, 0.1) is 31.6 Å². The van der Waals surface area contributed by atoms with Gasteiger partial charge in [0.15, 0.2) is 5.11 Å². The van der Waals surface area contributed by atoms with Crippen LogP contribution in [0, 0.1) is 10.1 Å². The second-order valence-corrected chi connectivity index (χ2v) is 5.42. The molecule has 1 unspecified atom stereocenters. The first kappa shape index (κ1) is 14.7. The molecular formula is C13H19N4O2S+. The SMILES string of the molecule is C[NH+]1CCCN(C(=S)Nc2ccc([N+](=O)[O-])cc2)CC1. The lowest BCUT2D eigenvalue weighted by atomic mass is 10.3. The smallest absolute Gasteiger partial charge is 0.269 e. The van der Waals surface area contributed by atoms with Crippen LogP contribution in [0.4, 0.5) is 11.4 Å². The van der Waals surface area contributed by atoms with Crippen molar-refractivity contribution in [2.24, 2.45) is 0 Å². The standard InChI is InChI=1S/C13H18N4O2S/c1-15-7-2-8-16(10-9-15)13(20)14-11-3-5-12(6-4-11)17(18)19/h3-6H,2,7-10H2,1H3,(H,14,20)/p+1. The molecule has 1 atom stereocenters. The Kier molecular flexibility index (Phi) is 4.86. The second kappa shape index (κ2) is 6.62. The molecule has 2 N–H and O–H groups in total. The highest BCUT2D eigenvalue weighted by Gasteiger charge is 2.16. The monoisotopic (exact) mass is 295 g/mol. The Labute approximate surface area is 123 Å². The highest BCUT2D eigenvalue weighted by atomic mass is 32.1. The summed E-state index contributed by atoms with van der Waals surface area (Å²) in [5, 5.41) is 14.4. The van der Waals surface area contributed by atoms with Crippen LogP contribution in [0.3, 0.4) is 0 Å². The highest BCUT2D eigenvalue weighted by molar-refractivity contribution is 7.80. The minimum atomic E-state index is -0.407. The lowest BCUT2D eigenvalue weighted by Gasteiger charge is -2.23. The number of quaternary nitrogens is 1. The topological polar surface area (TPSA) is 62.8 Å². The van der Waals surface area contributed by atoms with Crippen molar-refractivity contribution in [3.63, 3.8) is 0 Å². The molecule has 7 heteroatoms. The van der Waals surface area contributed by atoms with Gasteiger partial charge in [-0.05, 0) is 24.4 Å². The molecule has 1 aliphatic rings. The molecule has 0 amide bonds. The Morgan fingerprint density at radius 3 is 2.70 bits per heavy atom. The summed E-state index contributed by atoms with van der Waals surface area (Å²) in [6, 6.07) is 6.32. The Morgan fingerprint density at radius 2 is 2.05 bits per heavy atom. The zero-order valence-electron chi connectivity index (χ0n) is 11.5. The van der Waals surface area contributed by atoms with Crippen molar-refractivity contribution >= 4 is 28.7 Å². The van der Waals surface area contributed by atoms with Crippen LogP contribution in [0.25, 0.3) is 0 Å². The lowest BCUT2D eigenvalue weighted by Crippen LogP contribution is -3.09. The van der Waals surface area contributed by atoms with Crippen LogP contribution < -0.4 is 10.2 Å². The summed E-state index contributed by atoms with van der Waals surface area (Å²) in [6.45, 7) is 4.12. The molecule has 1 aromatic rings. The number of hydrogen-bond acceptors (Lipinski definition) is 3. The fourth-order valence-electron chi connectivity index (χ4n) is 2.21. The number of likely N-dealkylation sites (N-methyl/N-ethyl adjacent to an activating group) is 1. The summed E-state index contributed by atoms with van der Waals surface area (Å²) in [5.41, 5.74) is 0.868. The number of benzene rings is 1. The molecular weight excluding hydrogens is 276 g/mol. The van der Waals surface area contributed by atoms with Crippen molar-refractivity contribution in [2.75, 3.05) is 38.5 Å². The third-order valence-electron chi connectivity index (χ3n) is 3.46. The van der Waals surface area contributed by atoms with E-state index in [1.165, 1.54) is 17.0 Å². The molecule has 1 aliphatic heterocycles. The van der Waals surface area contributed by atoms with E-state index in [4.69, 9.17) is 12.2 Å². The number of hydrogen-bond donors (Lipinski definition) is 2. The van der Waals surface area contributed by atoms with Gasteiger partial charge in [0.1, 0.15) is 0 Å². The zero-order valence-corrected chi connectivity index (χ0v) is 12.3. The van der Waals surface area contributed by atoms with Crippen LogP contribution in [0.1, 0.15) is 6.42 Å². The van der Waals surface area contributed by atoms with Gasteiger partial charge in [0, 0.05) is 30.8 Å². The van der Waals surface area contributed by atoms with E-state index in [-0.39, 0.29) is 5.69 Å². The van der Waals surface area contributed by atoms with Crippen LogP contribution in [0.5, 0.6) is 0 Å². The largest absolute Gasteiger partial charge is 0.343 e. The quantitative estimate of drug-likeness (QED) is 0.473. The molecule has 1 aromatic carbocycles. The van der Waals surface area contributed by atoms with E-state index in [0.29, 0.717) is 5.11 Å². The lowest BCUT2D eigenvalue weighted by molar-refractivity contribution is -0.877. The van der Waals surface area contributed by atoms with E-state index >= 15 is 0 Å². The number of nitro benzene ring substituents is 1. The van der Waals surface area contributed by atoms with E-state index < -0.39 is 4.92 Å². The van der Waals surface area contributed by atoms with Gasteiger partial charge >= 0.3 is 0 Å². The second-order valence-electron chi connectivity index (χ2n) is 5.03. The molecule has 0 saturated carbocycles. The molecule has 0 aliphatic carbocycles. The van der Waals surface area contributed by atoms with Crippen LogP contribution in [0.15, 0.2) is 24.3 Å². The predicted molar refractivity (Wildman–Crippen MR) is 82.1 cm³/mol. The van der Waals surface area contributed by atoms with Gasteiger partial charge in [-0.2, -0.15) is 0 Å². The van der Waals surface area contributed by atoms with Gasteiger partial charge in [0.2, 0.25) is 0 Å².